The predicted molar refractivity (Wildman–Crippen MR) is 85.5 cm³/mol. The summed E-state index contributed by atoms with van der Waals surface area (Å²) in [4.78, 5) is 26.8. The summed E-state index contributed by atoms with van der Waals surface area (Å²) in [7, 11) is 0. The maximum atomic E-state index is 13.1. The van der Waals surface area contributed by atoms with E-state index in [1.165, 1.54) is 0 Å². The fraction of sp³-hybridized carbons (Fsp3) is 0.333. The summed E-state index contributed by atoms with van der Waals surface area (Å²) in [6.07, 6.45) is 1.12. The van der Waals surface area contributed by atoms with Gasteiger partial charge in [0.15, 0.2) is 0 Å². The summed E-state index contributed by atoms with van der Waals surface area (Å²) >= 11 is 0. The summed E-state index contributed by atoms with van der Waals surface area (Å²) in [5.41, 5.74) is 1.27. The van der Waals surface area contributed by atoms with Crippen LogP contribution in [0.3, 0.4) is 0 Å². The molecule has 1 N–H and O–H groups in total. The van der Waals surface area contributed by atoms with Crippen LogP contribution in [0, 0.1) is 0 Å². The molecule has 1 atom stereocenters. The molecule has 0 bridgehead atoms. The van der Waals surface area contributed by atoms with Gasteiger partial charge in [-0.05, 0) is 23.9 Å². The molecule has 3 aliphatic heterocycles. The maximum absolute atomic E-state index is 13.1. The standard InChI is InChI=1S/C18H16N2O3/c21-15-8-7-14(18(19-15)9-23-10-18)20-13-6-2-4-11-3-1-5-12(16(11)13)17(20)22/h1-6,14H,7-10H2,(H,19,21). The summed E-state index contributed by atoms with van der Waals surface area (Å²) < 4.78 is 5.39. The molecular weight excluding hydrogens is 292 g/mol. The Morgan fingerprint density at radius 3 is 2.65 bits per heavy atom. The molecule has 23 heavy (non-hydrogen) atoms. The van der Waals surface area contributed by atoms with Gasteiger partial charge in [0, 0.05) is 17.4 Å². The molecule has 0 radical (unpaired) electrons. The van der Waals surface area contributed by atoms with Crippen LogP contribution in [0.2, 0.25) is 0 Å². The molecule has 0 saturated carbocycles. The lowest BCUT2D eigenvalue weighted by Gasteiger charge is -2.52. The minimum absolute atomic E-state index is 0.0317. The van der Waals surface area contributed by atoms with Crippen LogP contribution in [0.1, 0.15) is 23.2 Å². The second-order valence-corrected chi connectivity index (χ2v) is 6.61. The van der Waals surface area contributed by atoms with E-state index in [4.69, 9.17) is 4.74 Å². The number of amides is 2. The zero-order chi connectivity index (χ0) is 15.6. The molecule has 2 aromatic carbocycles. The highest BCUT2D eigenvalue weighted by atomic mass is 16.5. The summed E-state index contributed by atoms with van der Waals surface area (Å²) in [6.45, 7) is 0.943. The SMILES string of the molecule is O=C1CCC(N2C(=O)c3cccc4cccc2c34)C2(COC2)N1. The van der Waals surface area contributed by atoms with Gasteiger partial charge >= 0.3 is 0 Å². The highest BCUT2D eigenvalue weighted by Gasteiger charge is 2.54. The van der Waals surface area contributed by atoms with Crippen molar-refractivity contribution in [2.24, 2.45) is 0 Å². The van der Waals surface area contributed by atoms with Crippen molar-refractivity contribution in [3.8, 4) is 0 Å². The van der Waals surface area contributed by atoms with E-state index in [0.29, 0.717) is 26.1 Å². The Balaban J connectivity index is 1.66. The normalized spacial score (nSPS) is 24.9. The van der Waals surface area contributed by atoms with Gasteiger partial charge in [-0.3, -0.25) is 9.59 Å². The van der Waals surface area contributed by atoms with Crippen LogP contribution >= 0.6 is 0 Å². The second kappa shape index (κ2) is 4.32. The van der Waals surface area contributed by atoms with Crippen molar-refractivity contribution >= 4 is 28.3 Å². The minimum Gasteiger partial charge on any atom is -0.376 e. The van der Waals surface area contributed by atoms with E-state index in [0.717, 1.165) is 22.0 Å². The maximum Gasteiger partial charge on any atom is 0.259 e. The first kappa shape index (κ1) is 13.1. The lowest BCUT2D eigenvalue weighted by Crippen LogP contribution is -2.74. The highest BCUT2D eigenvalue weighted by molar-refractivity contribution is 6.25. The fourth-order valence-corrected chi connectivity index (χ4v) is 4.18. The molecule has 2 saturated heterocycles. The highest BCUT2D eigenvalue weighted by Crippen LogP contribution is 2.43. The Labute approximate surface area is 133 Å². The number of benzene rings is 2. The Morgan fingerprint density at radius 1 is 1.13 bits per heavy atom. The molecular formula is C18H16N2O3. The number of hydrogen-bond donors (Lipinski definition) is 1. The Hall–Kier alpha value is -2.40. The Kier molecular flexibility index (Phi) is 2.46. The smallest absolute Gasteiger partial charge is 0.259 e. The number of nitrogens with zero attached hydrogens (tertiary/aromatic N) is 1. The summed E-state index contributed by atoms with van der Waals surface area (Å²) in [5.74, 6) is 0.0798. The molecule has 3 heterocycles. The second-order valence-electron chi connectivity index (χ2n) is 6.61. The third-order valence-electron chi connectivity index (χ3n) is 5.29. The number of carbonyl (C=O) groups is 2. The quantitative estimate of drug-likeness (QED) is 0.874. The van der Waals surface area contributed by atoms with Gasteiger partial charge in [0.1, 0.15) is 5.54 Å². The summed E-state index contributed by atoms with van der Waals surface area (Å²) in [6, 6.07) is 11.8. The van der Waals surface area contributed by atoms with E-state index in [1.807, 2.05) is 41.3 Å². The topological polar surface area (TPSA) is 58.6 Å². The third kappa shape index (κ3) is 1.60. The zero-order valence-electron chi connectivity index (χ0n) is 12.5. The Bertz CT molecular complexity index is 851. The van der Waals surface area contributed by atoms with Crippen molar-refractivity contribution in [2.45, 2.75) is 24.4 Å². The van der Waals surface area contributed by atoms with Crippen molar-refractivity contribution in [1.82, 2.24) is 5.32 Å². The van der Waals surface area contributed by atoms with Crippen LogP contribution < -0.4 is 10.2 Å². The fourth-order valence-electron chi connectivity index (χ4n) is 4.18. The van der Waals surface area contributed by atoms with Gasteiger partial charge in [-0.15, -0.1) is 0 Å². The first-order valence-electron chi connectivity index (χ1n) is 7.94. The van der Waals surface area contributed by atoms with Crippen LogP contribution in [0.15, 0.2) is 36.4 Å². The first-order chi connectivity index (χ1) is 11.2. The molecule has 3 aliphatic rings. The van der Waals surface area contributed by atoms with Crippen molar-refractivity contribution in [3.05, 3.63) is 42.0 Å². The summed E-state index contributed by atoms with van der Waals surface area (Å²) in [5, 5.41) is 5.18. The van der Waals surface area contributed by atoms with Gasteiger partial charge < -0.3 is 15.0 Å². The van der Waals surface area contributed by atoms with Crippen LogP contribution in [0.5, 0.6) is 0 Å². The van der Waals surface area contributed by atoms with Gasteiger partial charge in [0.25, 0.3) is 5.91 Å². The van der Waals surface area contributed by atoms with Crippen molar-refractivity contribution in [2.75, 3.05) is 18.1 Å². The van der Waals surface area contributed by atoms with E-state index in [1.54, 1.807) is 0 Å². The number of anilines is 1. The van der Waals surface area contributed by atoms with Crippen LogP contribution in [0.25, 0.3) is 10.8 Å². The van der Waals surface area contributed by atoms with Crippen molar-refractivity contribution in [1.29, 1.82) is 0 Å². The van der Waals surface area contributed by atoms with Gasteiger partial charge in [-0.2, -0.15) is 0 Å². The number of ether oxygens (including phenoxy) is 1. The molecule has 5 heteroatoms. The largest absolute Gasteiger partial charge is 0.376 e. The lowest BCUT2D eigenvalue weighted by atomic mass is 9.80. The van der Waals surface area contributed by atoms with Crippen molar-refractivity contribution in [3.63, 3.8) is 0 Å². The number of hydrogen-bond acceptors (Lipinski definition) is 3. The molecule has 2 aromatic rings. The first-order valence-corrected chi connectivity index (χ1v) is 7.94. The van der Waals surface area contributed by atoms with E-state index in [9.17, 15) is 9.59 Å². The molecule has 2 fully saturated rings. The number of nitrogens with one attached hydrogen (secondary N) is 1. The van der Waals surface area contributed by atoms with E-state index in [-0.39, 0.29) is 17.9 Å². The predicted octanol–water partition coefficient (Wildman–Crippen LogP) is 1.85. The molecule has 0 aromatic heterocycles. The number of carbonyl (C=O) groups excluding carboxylic acids is 2. The molecule has 0 aliphatic carbocycles. The average Bonchev–Trinajstić information content (AvgIpc) is 2.81. The van der Waals surface area contributed by atoms with E-state index in [2.05, 4.69) is 5.32 Å². The van der Waals surface area contributed by atoms with Crippen molar-refractivity contribution < 1.29 is 14.3 Å². The van der Waals surface area contributed by atoms with Gasteiger partial charge in [-0.1, -0.05) is 24.3 Å². The lowest BCUT2D eigenvalue weighted by molar-refractivity contribution is -0.141. The third-order valence-corrected chi connectivity index (χ3v) is 5.29. The van der Waals surface area contributed by atoms with Crippen LogP contribution in [-0.2, 0) is 9.53 Å². The van der Waals surface area contributed by atoms with Crippen LogP contribution in [0.4, 0.5) is 5.69 Å². The molecule has 1 spiro atoms. The minimum atomic E-state index is -0.435. The molecule has 116 valence electrons. The number of piperidine rings is 1. The molecule has 5 nitrogen and oxygen atoms in total. The van der Waals surface area contributed by atoms with Gasteiger partial charge in [-0.25, -0.2) is 0 Å². The van der Waals surface area contributed by atoms with E-state index >= 15 is 0 Å². The molecule has 1 unspecified atom stereocenters. The average molecular weight is 308 g/mol. The van der Waals surface area contributed by atoms with Gasteiger partial charge in [0.05, 0.1) is 24.9 Å². The molecule has 2 amide bonds. The monoisotopic (exact) mass is 308 g/mol. The number of rotatable bonds is 1. The molecule has 5 rings (SSSR count). The van der Waals surface area contributed by atoms with Gasteiger partial charge in [0.2, 0.25) is 5.91 Å². The van der Waals surface area contributed by atoms with E-state index < -0.39 is 5.54 Å². The Morgan fingerprint density at radius 2 is 1.91 bits per heavy atom. The van der Waals surface area contributed by atoms with Crippen LogP contribution in [-0.4, -0.2) is 36.6 Å². The zero-order valence-corrected chi connectivity index (χ0v) is 12.5.